The van der Waals surface area contributed by atoms with Crippen LogP contribution in [0.25, 0.3) is 21.6 Å². The molecule has 0 radical (unpaired) electrons. The highest BCUT2D eigenvalue weighted by molar-refractivity contribution is 7.13. The third-order valence-corrected chi connectivity index (χ3v) is 4.80. The highest BCUT2D eigenvalue weighted by Gasteiger charge is 2.15. The minimum absolute atomic E-state index is 0.407. The van der Waals surface area contributed by atoms with Crippen molar-refractivity contribution in [3.05, 3.63) is 34.8 Å². The van der Waals surface area contributed by atoms with Gasteiger partial charge in [0.15, 0.2) is 0 Å². The van der Waals surface area contributed by atoms with E-state index in [-0.39, 0.29) is 0 Å². The summed E-state index contributed by atoms with van der Waals surface area (Å²) >= 11 is 1.61. The largest absolute Gasteiger partial charge is 0.496 e. The zero-order chi connectivity index (χ0) is 22.0. The monoisotopic (exact) mass is 416 g/mol. The van der Waals surface area contributed by atoms with Gasteiger partial charge in [0.2, 0.25) is 0 Å². The Hall–Kier alpha value is -2.47. The number of rotatable bonds is 4. The maximum absolute atomic E-state index is 8.81. The summed E-state index contributed by atoms with van der Waals surface area (Å²) in [7, 11) is 3.35. The van der Waals surface area contributed by atoms with Crippen molar-refractivity contribution in [1.82, 2.24) is 9.97 Å². The van der Waals surface area contributed by atoms with Crippen molar-refractivity contribution in [2.75, 3.05) is 14.2 Å². The third-order valence-electron chi connectivity index (χ3n) is 3.92. The summed E-state index contributed by atoms with van der Waals surface area (Å²) in [6, 6.07) is 5.89. The standard InChI is InChI=1S/C18H20N2O2S.C3H8.C2H4O/c1-10(2)14-9-23-18(20-14)13-8-16(22-5)12-6-7-15(21-4)11(3)17(12)19-13;1-3-2;1-2-3/h6-10H,1-5H3;3H2,1-2H3;2H,1H3. The molecule has 158 valence electrons. The second-order valence-corrected chi connectivity index (χ2v) is 7.53. The molecule has 0 fully saturated rings. The normalized spacial score (nSPS) is 9.97. The molecule has 5 nitrogen and oxygen atoms in total. The quantitative estimate of drug-likeness (QED) is 0.459. The first-order valence-corrected chi connectivity index (χ1v) is 10.6. The third kappa shape index (κ3) is 6.26. The van der Waals surface area contributed by atoms with E-state index in [1.807, 2.05) is 25.1 Å². The molecule has 0 spiro atoms. The van der Waals surface area contributed by atoms with Crippen LogP contribution >= 0.6 is 11.3 Å². The first-order chi connectivity index (χ1) is 13.9. The topological polar surface area (TPSA) is 61.3 Å². The lowest BCUT2D eigenvalue weighted by atomic mass is 10.1. The van der Waals surface area contributed by atoms with Gasteiger partial charge in [-0.15, -0.1) is 11.3 Å². The Bertz CT molecular complexity index is 920. The number of pyridine rings is 1. The van der Waals surface area contributed by atoms with E-state index in [1.165, 1.54) is 13.3 Å². The van der Waals surface area contributed by atoms with E-state index in [1.54, 1.807) is 25.6 Å². The Morgan fingerprint density at radius 1 is 1.10 bits per heavy atom. The SMILES string of the molecule is CC=O.CCC.COc1ccc2c(OC)cc(-c3nc(C(C)C)cs3)nc2c1C. The van der Waals surface area contributed by atoms with Crippen molar-refractivity contribution in [1.29, 1.82) is 0 Å². The number of aryl methyl sites for hydroxylation is 1. The molecule has 0 saturated heterocycles. The van der Waals surface area contributed by atoms with Gasteiger partial charge in [-0.2, -0.15) is 0 Å². The number of hydrogen-bond donors (Lipinski definition) is 0. The lowest BCUT2D eigenvalue weighted by Gasteiger charge is -2.12. The van der Waals surface area contributed by atoms with Gasteiger partial charge in [-0.1, -0.05) is 34.1 Å². The summed E-state index contributed by atoms with van der Waals surface area (Å²) in [4.78, 5) is 18.3. The molecule has 0 aliphatic rings. The number of nitrogens with zero attached hydrogens (tertiary/aromatic N) is 2. The van der Waals surface area contributed by atoms with Crippen LogP contribution in [0.5, 0.6) is 11.5 Å². The summed E-state index contributed by atoms with van der Waals surface area (Å²) in [5, 5.41) is 3.99. The first-order valence-electron chi connectivity index (χ1n) is 9.76. The first kappa shape index (κ1) is 24.6. The van der Waals surface area contributed by atoms with Gasteiger partial charge in [0.1, 0.15) is 28.5 Å². The van der Waals surface area contributed by atoms with Gasteiger partial charge in [0.25, 0.3) is 0 Å². The van der Waals surface area contributed by atoms with Crippen LogP contribution in [0.2, 0.25) is 0 Å². The lowest BCUT2D eigenvalue weighted by Crippen LogP contribution is -1.95. The maximum atomic E-state index is 8.81. The molecule has 2 aromatic heterocycles. The average Bonchev–Trinajstić information content (AvgIpc) is 3.19. The lowest BCUT2D eigenvalue weighted by molar-refractivity contribution is -0.106. The van der Waals surface area contributed by atoms with Crippen LogP contribution in [0.4, 0.5) is 0 Å². The van der Waals surface area contributed by atoms with E-state index in [4.69, 9.17) is 24.2 Å². The highest BCUT2D eigenvalue weighted by Crippen LogP contribution is 2.36. The van der Waals surface area contributed by atoms with Crippen LogP contribution in [0, 0.1) is 6.92 Å². The molecule has 0 atom stereocenters. The molecule has 0 N–H and O–H groups in total. The summed E-state index contributed by atoms with van der Waals surface area (Å²) in [6.45, 7) is 12.0. The number of ether oxygens (including phenoxy) is 2. The number of thiazole rings is 1. The second kappa shape index (κ2) is 12.2. The summed E-state index contributed by atoms with van der Waals surface area (Å²) < 4.78 is 11.0. The number of methoxy groups -OCH3 is 2. The fourth-order valence-electron chi connectivity index (χ4n) is 2.55. The van der Waals surface area contributed by atoms with Crippen LogP contribution in [-0.2, 0) is 4.79 Å². The summed E-state index contributed by atoms with van der Waals surface area (Å²) in [5.74, 6) is 2.03. The molecule has 0 amide bonds. The maximum Gasteiger partial charge on any atom is 0.142 e. The van der Waals surface area contributed by atoms with Gasteiger partial charge in [0.05, 0.1) is 25.4 Å². The zero-order valence-corrected chi connectivity index (χ0v) is 19.5. The van der Waals surface area contributed by atoms with Gasteiger partial charge in [-0.3, -0.25) is 0 Å². The van der Waals surface area contributed by atoms with Gasteiger partial charge in [-0.05, 0) is 31.9 Å². The van der Waals surface area contributed by atoms with E-state index < -0.39 is 0 Å². The zero-order valence-electron chi connectivity index (χ0n) is 18.7. The minimum Gasteiger partial charge on any atom is -0.496 e. The molecule has 1 aromatic carbocycles. The van der Waals surface area contributed by atoms with Gasteiger partial charge in [-0.25, -0.2) is 9.97 Å². The van der Waals surface area contributed by atoms with E-state index in [0.29, 0.717) is 5.92 Å². The number of fused-ring (bicyclic) bond motifs is 1. The summed E-state index contributed by atoms with van der Waals surface area (Å²) in [5.41, 5.74) is 3.82. The Morgan fingerprint density at radius 2 is 1.69 bits per heavy atom. The van der Waals surface area contributed by atoms with E-state index in [9.17, 15) is 0 Å². The van der Waals surface area contributed by atoms with Crippen molar-refractivity contribution in [3.8, 4) is 22.2 Å². The smallest absolute Gasteiger partial charge is 0.142 e. The fourth-order valence-corrected chi connectivity index (χ4v) is 3.49. The molecule has 3 aromatic rings. The van der Waals surface area contributed by atoms with E-state index in [2.05, 4.69) is 33.1 Å². The van der Waals surface area contributed by atoms with Crippen molar-refractivity contribution in [2.24, 2.45) is 0 Å². The molecular weight excluding hydrogens is 384 g/mol. The predicted molar refractivity (Wildman–Crippen MR) is 122 cm³/mol. The van der Waals surface area contributed by atoms with Gasteiger partial charge in [0, 0.05) is 22.4 Å². The van der Waals surface area contributed by atoms with Crippen molar-refractivity contribution in [2.45, 2.75) is 53.9 Å². The number of aromatic nitrogens is 2. The Balaban J connectivity index is 0.000000626. The van der Waals surface area contributed by atoms with Gasteiger partial charge < -0.3 is 14.3 Å². The molecule has 2 heterocycles. The Morgan fingerprint density at radius 3 is 2.17 bits per heavy atom. The number of aldehydes is 1. The molecule has 0 bridgehead atoms. The molecule has 29 heavy (non-hydrogen) atoms. The molecule has 0 aliphatic carbocycles. The number of carbonyl (C=O) groups is 1. The molecule has 0 saturated carbocycles. The van der Waals surface area contributed by atoms with E-state index in [0.717, 1.165) is 50.6 Å². The minimum atomic E-state index is 0.407. The van der Waals surface area contributed by atoms with Crippen molar-refractivity contribution < 1.29 is 14.3 Å². The van der Waals surface area contributed by atoms with Crippen LogP contribution in [-0.4, -0.2) is 30.5 Å². The summed E-state index contributed by atoms with van der Waals surface area (Å²) in [6.07, 6.45) is 2.00. The van der Waals surface area contributed by atoms with Crippen LogP contribution < -0.4 is 9.47 Å². The number of hydrogen-bond acceptors (Lipinski definition) is 6. The van der Waals surface area contributed by atoms with E-state index >= 15 is 0 Å². The molecule has 6 heteroatoms. The van der Waals surface area contributed by atoms with Gasteiger partial charge >= 0.3 is 0 Å². The average molecular weight is 417 g/mol. The van der Waals surface area contributed by atoms with Crippen LogP contribution in [0.1, 0.15) is 58.2 Å². The van der Waals surface area contributed by atoms with Crippen LogP contribution in [0.15, 0.2) is 23.6 Å². The van der Waals surface area contributed by atoms with Crippen molar-refractivity contribution in [3.63, 3.8) is 0 Å². The molecule has 0 unspecified atom stereocenters. The molecule has 3 rings (SSSR count). The fraction of sp³-hybridized carbons (Fsp3) is 0.435. The number of benzene rings is 1. The Kier molecular flexibility index (Phi) is 10.3. The highest BCUT2D eigenvalue weighted by atomic mass is 32.1. The molecular formula is C23H32N2O3S. The second-order valence-electron chi connectivity index (χ2n) is 6.67. The van der Waals surface area contributed by atoms with Crippen LogP contribution in [0.3, 0.4) is 0 Å². The predicted octanol–water partition coefficient (Wildman–Crippen LogP) is 6.43. The number of carbonyl (C=O) groups excluding carboxylic acids is 1. The molecule has 0 aliphatic heterocycles. The Labute approximate surface area is 178 Å². The van der Waals surface area contributed by atoms with Crippen molar-refractivity contribution >= 4 is 28.5 Å².